The maximum atomic E-state index is 7.19. The Morgan fingerprint density at radius 1 is 0.306 bits per heavy atom. The van der Waals surface area contributed by atoms with Crippen molar-refractivity contribution < 1.29 is 4.74 Å². The van der Waals surface area contributed by atoms with Crippen molar-refractivity contribution in [3.63, 3.8) is 0 Å². The van der Waals surface area contributed by atoms with Gasteiger partial charge >= 0.3 is 0 Å². The molecule has 338 valence electrons. The highest BCUT2D eigenvalue weighted by Gasteiger charge is 2.50. The molecule has 2 heteroatoms. The zero-order chi connectivity index (χ0) is 47.7. The predicted octanol–water partition coefficient (Wildman–Crippen LogP) is 18.6. The fourth-order valence-electron chi connectivity index (χ4n) is 13.2. The van der Waals surface area contributed by atoms with E-state index in [0.29, 0.717) is 0 Å². The maximum Gasteiger partial charge on any atom is 0.159 e. The van der Waals surface area contributed by atoms with Gasteiger partial charge in [0.25, 0.3) is 0 Å². The highest BCUT2D eigenvalue weighted by atomic mass is 16.5. The third-order valence-corrected chi connectivity index (χ3v) is 16.3. The van der Waals surface area contributed by atoms with Crippen molar-refractivity contribution >= 4 is 17.1 Å². The van der Waals surface area contributed by atoms with E-state index in [1.807, 2.05) is 0 Å². The molecule has 0 amide bonds. The molecule has 3 aliphatic carbocycles. The van der Waals surface area contributed by atoms with Crippen LogP contribution >= 0.6 is 0 Å². The van der Waals surface area contributed by atoms with Crippen molar-refractivity contribution in [3.8, 4) is 89.4 Å². The fourth-order valence-corrected chi connectivity index (χ4v) is 13.2. The molecule has 0 atom stereocenters. The second-order valence-electron chi connectivity index (χ2n) is 20.2. The van der Waals surface area contributed by atoms with Gasteiger partial charge in [0, 0.05) is 27.9 Å². The number of rotatable bonds is 4. The Kier molecular flexibility index (Phi) is 8.66. The summed E-state index contributed by atoms with van der Waals surface area (Å²) in [6, 6.07) is 92.3. The Balaban J connectivity index is 0.935. The molecule has 11 aromatic carbocycles. The first-order chi connectivity index (χ1) is 35.5. The van der Waals surface area contributed by atoms with Crippen molar-refractivity contribution in [3.05, 3.63) is 282 Å². The summed E-state index contributed by atoms with van der Waals surface area (Å²) in [5, 5.41) is 0. The van der Waals surface area contributed by atoms with Crippen LogP contribution in [0.4, 0.5) is 17.1 Å². The van der Waals surface area contributed by atoms with Crippen LogP contribution in [0.3, 0.4) is 0 Å². The first-order valence-electron chi connectivity index (χ1n) is 25.2. The summed E-state index contributed by atoms with van der Waals surface area (Å²) in [5.74, 6) is 1.67. The minimum absolute atomic E-state index is 0.179. The summed E-state index contributed by atoms with van der Waals surface area (Å²) in [5.41, 5.74) is 27.4. The lowest BCUT2D eigenvalue weighted by Gasteiger charge is -2.35. The second-order valence-corrected chi connectivity index (χ2v) is 20.2. The van der Waals surface area contributed by atoms with Gasteiger partial charge < -0.3 is 9.64 Å². The van der Waals surface area contributed by atoms with Gasteiger partial charge in [0.1, 0.15) is 5.75 Å². The molecule has 0 fully saturated rings. The third-order valence-electron chi connectivity index (χ3n) is 16.3. The average Bonchev–Trinajstić information content (AvgIpc) is 3.75. The average molecular weight is 918 g/mol. The molecular weight excluding hydrogens is 871 g/mol. The molecule has 72 heavy (non-hydrogen) atoms. The van der Waals surface area contributed by atoms with Crippen LogP contribution in [0.2, 0.25) is 0 Å². The van der Waals surface area contributed by atoms with E-state index < -0.39 is 5.41 Å². The summed E-state index contributed by atoms with van der Waals surface area (Å²) in [7, 11) is 0. The number of nitrogens with zero attached hydrogens (tertiary/aromatic N) is 1. The Bertz CT molecular complexity index is 4000. The van der Waals surface area contributed by atoms with E-state index in [0.717, 1.165) is 56.4 Å². The van der Waals surface area contributed by atoms with Crippen molar-refractivity contribution in [2.45, 2.75) is 24.7 Å². The van der Waals surface area contributed by atoms with E-state index >= 15 is 0 Å². The van der Waals surface area contributed by atoms with Crippen LogP contribution in [0.5, 0.6) is 11.5 Å². The molecule has 0 saturated carbocycles. The van der Waals surface area contributed by atoms with Gasteiger partial charge in [-0.25, -0.2) is 0 Å². The van der Waals surface area contributed by atoms with Crippen LogP contribution in [-0.4, -0.2) is 0 Å². The topological polar surface area (TPSA) is 12.5 Å². The first-order valence-corrected chi connectivity index (χ1v) is 25.2. The number of ether oxygens (including phenoxy) is 1. The van der Waals surface area contributed by atoms with Crippen LogP contribution < -0.4 is 9.64 Å². The van der Waals surface area contributed by atoms with Gasteiger partial charge in [0.2, 0.25) is 0 Å². The normalized spacial score (nSPS) is 14.0. The Hall–Kier alpha value is -8.98. The van der Waals surface area contributed by atoms with E-state index in [9.17, 15) is 0 Å². The monoisotopic (exact) mass is 917 g/mol. The molecule has 0 bridgehead atoms. The van der Waals surface area contributed by atoms with Crippen molar-refractivity contribution in [2.24, 2.45) is 0 Å². The highest BCUT2D eigenvalue weighted by Crippen LogP contribution is 2.63. The molecule has 0 radical (unpaired) electrons. The van der Waals surface area contributed by atoms with E-state index in [-0.39, 0.29) is 5.41 Å². The Morgan fingerprint density at radius 2 is 0.736 bits per heavy atom. The second kappa shape index (κ2) is 15.3. The lowest BCUT2D eigenvalue weighted by Crippen LogP contribution is -2.29. The summed E-state index contributed by atoms with van der Waals surface area (Å²) < 4.78 is 7.19. The summed E-state index contributed by atoms with van der Waals surface area (Å²) in [6.45, 7) is 4.72. The first kappa shape index (κ1) is 40.9. The van der Waals surface area contributed by atoms with Crippen molar-refractivity contribution in [2.75, 3.05) is 4.90 Å². The third kappa shape index (κ3) is 5.55. The molecule has 0 unspecified atom stereocenters. The number of para-hydroxylation sites is 2. The van der Waals surface area contributed by atoms with Crippen LogP contribution in [0.25, 0.3) is 77.9 Å². The van der Waals surface area contributed by atoms with E-state index in [1.54, 1.807) is 0 Å². The Labute approximate surface area is 420 Å². The van der Waals surface area contributed by atoms with Gasteiger partial charge in [-0.05, 0) is 137 Å². The van der Waals surface area contributed by atoms with Gasteiger partial charge in [0.05, 0.1) is 11.1 Å². The molecule has 4 aliphatic rings. The quantitative estimate of drug-likeness (QED) is 0.174. The zero-order valence-corrected chi connectivity index (χ0v) is 40.0. The molecule has 0 N–H and O–H groups in total. The number of anilines is 3. The molecule has 1 spiro atoms. The number of benzene rings is 11. The molecule has 0 saturated heterocycles. The predicted molar refractivity (Wildman–Crippen MR) is 297 cm³/mol. The number of hydrogen-bond donors (Lipinski definition) is 0. The summed E-state index contributed by atoms with van der Waals surface area (Å²) in [4.78, 5) is 2.41. The molecular formula is C70H47NO. The minimum atomic E-state index is -0.547. The van der Waals surface area contributed by atoms with Gasteiger partial charge in [-0.3, -0.25) is 0 Å². The smallest absolute Gasteiger partial charge is 0.159 e. The molecule has 1 heterocycles. The van der Waals surface area contributed by atoms with Crippen LogP contribution in [0.15, 0.2) is 249 Å². The molecule has 11 aromatic rings. The van der Waals surface area contributed by atoms with Gasteiger partial charge in [-0.2, -0.15) is 0 Å². The molecule has 15 rings (SSSR count). The van der Waals surface area contributed by atoms with Crippen molar-refractivity contribution in [1.29, 1.82) is 0 Å². The molecule has 0 aromatic heterocycles. The lowest BCUT2D eigenvalue weighted by molar-refractivity contribution is 0.489. The van der Waals surface area contributed by atoms with Gasteiger partial charge in [-0.15, -0.1) is 0 Å². The highest BCUT2D eigenvalue weighted by molar-refractivity contribution is 6.02. The standard InChI is InChI=1S/C70H47NO/c1-69(2)59-30-12-7-25-54(59)55-42-41-46(43-64(55)69)71(65-35-18-29-57-51-22-6-5-21-50(51)56-26-11-16-36-66(56)72-68(57)65)45-39-37-44(38-40-45)47-28-17-34-63-67(47)58-27-10-15-33-62(58)70(63)60-31-13-8-23-52(60)48-19-3-4-20-49(48)53-24-9-14-32-61(53)70/h3-43H,1-2H3. The summed E-state index contributed by atoms with van der Waals surface area (Å²) in [6.07, 6.45) is 0. The van der Waals surface area contributed by atoms with Gasteiger partial charge in [-0.1, -0.05) is 226 Å². The lowest BCUT2D eigenvalue weighted by atomic mass is 9.66. The van der Waals surface area contributed by atoms with Crippen LogP contribution in [0.1, 0.15) is 47.2 Å². The Morgan fingerprint density at radius 3 is 1.39 bits per heavy atom. The maximum absolute atomic E-state index is 7.19. The van der Waals surface area contributed by atoms with Crippen LogP contribution in [-0.2, 0) is 10.8 Å². The zero-order valence-electron chi connectivity index (χ0n) is 40.0. The van der Waals surface area contributed by atoms with Gasteiger partial charge in [0.15, 0.2) is 5.75 Å². The van der Waals surface area contributed by atoms with Crippen LogP contribution in [0, 0.1) is 0 Å². The molecule has 2 nitrogen and oxygen atoms in total. The van der Waals surface area contributed by atoms with E-state index in [4.69, 9.17) is 4.74 Å². The van der Waals surface area contributed by atoms with Crippen molar-refractivity contribution in [1.82, 2.24) is 0 Å². The van der Waals surface area contributed by atoms with E-state index in [1.165, 1.54) is 83.5 Å². The van der Waals surface area contributed by atoms with E-state index in [2.05, 4.69) is 267 Å². The number of fused-ring (bicyclic) bond motifs is 20. The fraction of sp³-hybridized carbons (Fsp3) is 0.0571. The SMILES string of the molecule is CC1(C)c2ccccc2-c2ccc(N(c3ccc(-c4cccc5c4-c4ccccc4C54c5ccccc5-c5ccccc5-c5ccccc54)cc3)c3cccc4c3Oc3ccccc3-c3ccccc3-4)cc21. The minimum Gasteiger partial charge on any atom is -0.454 e. The summed E-state index contributed by atoms with van der Waals surface area (Å²) >= 11 is 0. The largest absolute Gasteiger partial charge is 0.454 e. The number of hydrogen-bond acceptors (Lipinski definition) is 2. The molecule has 1 aliphatic heterocycles.